The van der Waals surface area contributed by atoms with E-state index in [1.54, 1.807) is 6.33 Å². The van der Waals surface area contributed by atoms with Crippen LogP contribution in [0.4, 0.5) is 11.6 Å². The van der Waals surface area contributed by atoms with Crippen LogP contribution in [0.2, 0.25) is 0 Å². The lowest BCUT2D eigenvalue weighted by Crippen LogP contribution is -2.40. The van der Waals surface area contributed by atoms with Crippen LogP contribution in [0.15, 0.2) is 12.4 Å². The first-order chi connectivity index (χ1) is 8.19. The monoisotopic (exact) mass is 234 g/mol. The van der Waals surface area contributed by atoms with Crippen LogP contribution < -0.4 is 10.6 Å². The zero-order chi connectivity index (χ0) is 12.3. The van der Waals surface area contributed by atoms with E-state index in [-0.39, 0.29) is 0 Å². The molecule has 0 unspecified atom stereocenters. The van der Waals surface area contributed by atoms with Crippen molar-refractivity contribution >= 4 is 11.6 Å². The van der Waals surface area contributed by atoms with Crippen LogP contribution in [0.25, 0.3) is 0 Å². The van der Waals surface area contributed by atoms with E-state index < -0.39 is 0 Å². The summed E-state index contributed by atoms with van der Waals surface area (Å²) in [5.74, 6) is 1.52. The van der Waals surface area contributed by atoms with E-state index in [0.717, 1.165) is 18.9 Å². The summed E-state index contributed by atoms with van der Waals surface area (Å²) in [7, 11) is 0. The highest BCUT2D eigenvalue weighted by molar-refractivity contribution is 5.46. The molecule has 1 aliphatic heterocycles. The third kappa shape index (κ3) is 2.51. The van der Waals surface area contributed by atoms with Crippen molar-refractivity contribution < 1.29 is 0 Å². The standard InChI is InChI=1S/C13H22N4/c1-3-13(4-2)5-7-17(8-6-13)12-9-11(14)15-10-16-12/h9-10H,3-8H2,1-2H3,(H2,14,15,16). The molecule has 2 heterocycles. The van der Waals surface area contributed by atoms with Crippen LogP contribution >= 0.6 is 0 Å². The van der Waals surface area contributed by atoms with Crippen molar-refractivity contribution in [1.82, 2.24) is 9.97 Å². The molecule has 4 nitrogen and oxygen atoms in total. The highest BCUT2D eigenvalue weighted by Gasteiger charge is 2.31. The van der Waals surface area contributed by atoms with Crippen molar-refractivity contribution in [2.45, 2.75) is 39.5 Å². The van der Waals surface area contributed by atoms with Gasteiger partial charge in [0.15, 0.2) is 0 Å². The number of aromatic nitrogens is 2. The van der Waals surface area contributed by atoms with Gasteiger partial charge in [0.25, 0.3) is 0 Å². The van der Waals surface area contributed by atoms with E-state index >= 15 is 0 Å². The Kier molecular flexibility index (Phi) is 3.50. The van der Waals surface area contributed by atoms with Crippen LogP contribution in [0.1, 0.15) is 39.5 Å². The van der Waals surface area contributed by atoms with Crippen LogP contribution in [0, 0.1) is 5.41 Å². The SMILES string of the molecule is CCC1(CC)CCN(c2cc(N)ncn2)CC1. The predicted molar refractivity (Wildman–Crippen MR) is 70.9 cm³/mol. The van der Waals surface area contributed by atoms with Gasteiger partial charge in [-0.3, -0.25) is 0 Å². The van der Waals surface area contributed by atoms with Crippen molar-refractivity contribution in [1.29, 1.82) is 0 Å². The summed E-state index contributed by atoms with van der Waals surface area (Å²) in [5, 5.41) is 0. The molecule has 0 saturated carbocycles. The quantitative estimate of drug-likeness (QED) is 0.873. The van der Waals surface area contributed by atoms with Gasteiger partial charge in [0.2, 0.25) is 0 Å². The summed E-state index contributed by atoms with van der Waals surface area (Å²) in [6.07, 6.45) is 6.62. The van der Waals surface area contributed by atoms with Gasteiger partial charge in [-0.1, -0.05) is 26.7 Å². The van der Waals surface area contributed by atoms with Crippen molar-refractivity contribution in [2.24, 2.45) is 5.41 Å². The summed E-state index contributed by atoms with van der Waals surface area (Å²) >= 11 is 0. The van der Waals surface area contributed by atoms with Crippen molar-refractivity contribution in [3.8, 4) is 0 Å². The van der Waals surface area contributed by atoms with Gasteiger partial charge < -0.3 is 10.6 Å². The smallest absolute Gasteiger partial charge is 0.134 e. The maximum absolute atomic E-state index is 5.69. The molecule has 0 bridgehead atoms. The number of nitrogen functional groups attached to an aromatic ring is 1. The van der Waals surface area contributed by atoms with Gasteiger partial charge in [-0.25, -0.2) is 9.97 Å². The van der Waals surface area contributed by atoms with Gasteiger partial charge in [-0.2, -0.15) is 0 Å². The number of nitrogens with zero attached hydrogens (tertiary/aromatic N) is 3. The molecule has 1 saturated heterocycles. The molecule has 0 radical (unpaired) electrons. The maximum Gasteiger partial charge on any atom is 0.134 e. The number of anilines is 2. The van der Waals surface area contributed by atoms with Gasteiger partial charge in [-0.15, -0.1) is 0 Å². The average molecular weight is 234 g/mol. The van der Waals surface area contributed by atoms with Gasteiger partial charge in [-0.05, 0) is 18.3 Å². The molecule has 94 valence electrons. The number of rotatable bonds is 3. The minimum Gasteiger partial charge on any atom is -0.384 e. The van der Waals surface area contributed by atoms with Crippen LogP contribution in [0.5, 0.6) is 0 Å². The topological polar surface area (TPSA) is 55.0 Å². The molecular weight excluding hydrogens is 212 g/mol. The fraction of sp³-hybridized carbons (Fsp3) is 0.692. The summed E-state index contributed by atoms with van der Waals surface area (Å²) in [5.41, 5.74) is 6.24. The van der Waals surface area contributed by atoms with Crippen molar-refractivity contribution in [3.05, 3.63) is 12.4 Å². The van der Waals surface area contributed by atoms with E-state index in [1.807, 2.05) is 6.07 Å². The third-order valence-corrected chi connectivity index (χ3v) is 4.32. The molecule has 1 aromatic heterocycles. The molecule has 0 aliphatic carbocycles. The van der Waals surface area contributed by atoms with Gasteiger partial charge in [0, 0.05) is 19.2 Å². The molecule has 0 aromatic carbocycles. The highest BCUT2D eigenvalue weighted by Crippen LogP contribution is 2.38. The highest BCUT2D eigenvalue weighted by atomic mass is 15.2. The molecule has 2 N–H and O–H groups in total. The Hall–Kier alpha value is -1.32. The second-order valence-corrected chi connectivity index (χ2v) is 5.00. The molecule has 4 heteroatoms. The summed E-state index contributed by atoms with van der Waals surface area (Å²) in [4.78, 5) is 10.6. The summed E-state index contributed by atoms with van der Waals surface area (Å²) in [6.45, 7) is 6.78. The van der Waals surface area contributed by atoms with Gasteiger partial charge in [0.1, 0.15) is 18.0 Å². The zero-order valence-electron chi connectivity index (χ0n) is 10.8. The molecule has 0 spiro atoms. The first-order valence-corrected chi connectivity index (χ1v) is 6.51. The molecule has 1 aromatic rings. The van der Waals surface area contributed by atoms with E-state index in [9.17, 15) is 0 Å². The van der Waals surface area contributed by atoms with Crippen molar-refractivity contribution in [2.75, 3.05) is 23.7 Å². The fourth-order valence-electron chi connectivity index (χ4n) is 2.70. The Labute approximate surface area is 103 Å². The lowest BCUT2D eigenvalue weighted by molar-refractivity contribution is 0.199. The van der Waals surface area contributed by atoms with Crippen LogP contribution in [-0.2, 0) is 0 Å². The summed E-state index contributed by atoms with van der Waals surface area (Å²) in [6, 6.07) is 1.87. The molecular formula is C13H22N4. The third-order valence-electron chi connectivity index (χ3n) is 4.32. The lowest BCUT2D eigenvalue weighted by Gasteiger charge is -2.41. The Balaban J connectivity index is 2.04. The van der Waals surface area contributed by atoms with Gasteiger partial charge in [0.05, 0.1) is 0 Å². The number of nitrogens with two attached hydrogens (primary N) is 1. The fourth-order valence-corrected chi connectivity index (χ4v) is 2.70. The second kappa shape index (κ2) is 4.90. The molecule has 2 rings (SSSR count). The van der Waals surface area contributed by atoms with Gasteiger partial charge >= 0.3 is 0 Å². The molecule has 0 amide bonds. The largest absolute Gasteiger partial charge is 0.384 e. The summed E-state index contributed by atoms with van der Waals surface area (Å²) < 4.78 is 0. The maximum atomic E-state index is 5.69. The molecule has 17 heavy (non-hydrogen) atoms. The number of hydrogen-bond donors (Lipinski definition) is 1. The van der Waals surface area contributed by atoms with Crippen LogP contribution in [0.3, 0.4) is 0 Å². The Morgan fingerprint density at radius 2 is 1.88 bits per heavy atom. The molecule has 1 fully saturated rings. The van der Waals surface area contributed by atoms with E-state index in [0.29, 0.717) is 11.2 Å². The van der Waals surface area contributed by atoms with E-state index in [2.05, 4.69) is 28.7 Å². The van der Waals surface area contributed by atoms with E-state index in [1.165, 1.54) is 25.7 Å². The normalized spacial score (nSPS) is 19.3. The molecule has 1 aliphatic rings. The minimum absolute atomic E-state index is 0.551. The van der Waals surface area contributed by atoms with Crippen molar-refractivity contribution in [3.63, 3.8) is 0 Å². The first-order valence-electron chi connectivity index (χ1n) is 6.51. The van der Waals surface area contributed by atoms with E-state index in [4.69, 9.17) is 5.73 Å². The Bertz CT molecular complexity index is 363. The zero-order valence-corrected chi connectivity index (χ0v) is 10.8. The Morgan fingerprint density at radius 3 is 2.41 bits per heavy atom. The number of hydrogen-bond acceptors (Lipinski definition) is 4. The number of piperidine rings is 1. The minimum atomic E-state index is 0.551. The first kappa shape index (κ1) is 12.1. The predicted octanol–water partition coefficient (Wildman–Crippen LogP) is 2.47. The lowest BCUT2D eigenvalue weighted by atomic mass is 9.74. The average Bonchev–Trinajstić information content (AvgIpc) is 2.39. The second-order valence-electron chi connectivity index (χ2n) is 5.00. The Morgan fingerprint density at radius 1 is 1.24 bits per heavy atom. The molecule has 0 atom stereocenters. The van der Waals surface area contributed by atoms with Crippen LogP contribution in [-0.4, -0.2) is 23.1 Å².